The summed E-state index contributed by atoms with van der Waals surface area (Å²) in [6, 6.07) is 10.6. The molecule has 0 saturated heterocycles. The predicted octanol–water partition coefficient (Wildman–Crippen LogP) is 3.38. The van der Waals surface area contributed by atoms with Crippen LogP contribution < -0.4 is 11.3 Å². The zero-order valence-electron chi connectivity index (χ0n) is 12.9. The number of nitrogens with zero attached hydrogens (tertiary/aromatic N) is 1. The molecule has 0 radical (unpaired) electrons. The molecular formula is C17H21ClN2O. The molecule has 0 aliphatic carbocycles. The zero-order valence-corrected chi connectivity index (χ0v) is 13.6. The van der Waals surface area contributed by atoms with Gasteiger partial charge in [-0.3, -0.25) is 4.79 Å². The van der Waals surface area contributed by atoms with Crippen LogP contribution in [0.4, 0.5) is 0 Å². The maximum atomic E-state index is 12.6. The van der Waals surface area contributed by atoms with Gasteiger partial charge in [-0.05, 0) is 29.8 Å². The Kier molecular flexibility index (Phi) is 4.26. The van der Waals surface area contributed by atoms with Crippen LogP contribution in [0.1, 0.15) is 43.6 Å². The summed E-state index contributed by atoms with van der Waals surface area (Å²) >= 11 is 5.88. The second-order valence-corrected chi connectivity index (χ2v) is 6.75. The van der Waals surface area contributed by atoms with E-state index in [1.807, 2.05) is 24.3 Å². The monoisotopic (exact) mass is 304 g/mol. The summed E-state index contributed by atoms with van der Waals surface area (Å²) in [5, 5.41) is 0.655. The first-order chi connectivity index (χ1) is 9.71. The van der Waals surface area contributed by atoms with Crippen LogP contribution >= 0.6 is 11.6 Å². The molecule has 0 amide bonds. The molecule has 0 spiro atoms. The molecule has 2 aromatic rings. The Morgan fingerprint density at radius 3 is 2.19 bits per heavy atom. The molecule has 112 valence electrons. The van der Waals surface area contributed by atoms with Crippen molar-refractivity contribution in [3.05, 3.63) is 68.6 Å². The van der Waals surface area contributed by atoms with Gasteiger partial charge in [0.1, 0.15) is 0 Å². The summed E-state index contributed by atoms with van der Waals surface area (Å²) in [6.45, 7) is 6.25. The quantitative estimate of drug-likeness (QED) is 0.924. The lowest BCUT2D eigenvalue weighted by atomic mass is 9.90. The van der Waals surface area contributed by atoms with Crippen molar-refractivity contribution in [2.24, 2.45) is 12.8 Å². The molecule has 0 aliphatic heterocycles. The summed E-state index contributed by atoms with van der Waals surface area (Å²) in [4.78, 5) is 12.6. The number of aromatic nitrogens is 1. The fourth-order valence-corrected chi connectivity index (χ4v) is 2.62. The third-order valence-electron chi connectivity index (χ3n) is 3.67. The van der Waals surface area contributed by atoms with Gasteiger partial charge in [-0.25, -0.2) is 0 Å². The minimum atomic E-state index is -0.449. The van der Waals surface area contributed by atoms with E-state index in [-0.39, 0.29) is 11.0 Å². The first kappa shape index (κ1) is 15.8. The largest absolute Gasteiger partial charge is 0.320 e. The van der Waals surface area contributed by atoms with Gasteiger partial charge in [-0.1, -0.05) is 44.5 Å². The van der Waals surface area contributed by atoms with Crippen molar-refractivity contribution in [2.75, 3.05) is 0 Å². The van der Waals surface area contributed by atoms with Gasteiger partial charge in [0.25, 0.3) is 5.56 Å². The van der Waals surface area contributed by atoms with Gasteiger partial charge in [0.05, 0.1) is 6.04 Å². The highest BCUT2D eigenvalue weighted by molar-refractivity contribution is 6.30. The lowest BCUT2D eigenvalue weighted by Gasteiger charge is -2.23. The SMILES string of the molecule is Cn1c(C(C)(C)C)ccc(C(N)c2ccc(Cl)cc2)c1=O. The first-order valence-electron chi connectivity index (χ1n) is 6.93. The maximum Gasteiger partial charge on any atom is 0.255 e. The van der Waals surface area contributed by atoms with Crippen molar-refractivity contribution >= 4 is 11.6 Å². The number of benzene rings is 1. The molecule has 21 heavy (non-hydrogen) atoms. The summed E-state index contributed by atoms with van der Waals surface area (Å²) in [5.41, 5.74) is 8.55. The molecule has 0 fully saturated rings. The van der Waals surface area contributed by atoms with Crippen LogP contribution in [0.3, 0.4) is 0 Å². The van der Waals surface area contributed by atoms with Crippen LogP contribution in [0.5, 0.6) is 0 Å². The third-order valence-corrected chi connectivity index (χ3v) is 3.92. The Bertz CT molecular complexity index is 696. The van der Waals surface area contributed by atoms with E-state index < -0.39 is 6.04 Å². The van der Waals surface area contributed by atoms with Crippen molar-refractivity contribution in [3.63, 3.8) is 0 Å². The average molecular weight is 305 g/mol. The fraction of sp³-hybridized carbons (Fsp3) is 0.353. The highest BCUT2D eigenvalue weighted by atomic mass is 35.5. The second kappa shape index (κ2) is 5.66. The summed E-state index contributed by atoms with van der Waals surface area (Å²) in [5.74, 6) is 0. The normalized spacial score (nSPS) is 13.2. The van der Waals surface area contributed by atoms with Crippen LogP contribution in [0.25, 0.3) is 0 Å². The molecular weight excluding hydrogens is 284 g/mol. The predicted molar refractivity (Wildman–Crippen MR) is 87.9 cm³/mol. The lowest BCUT2D eigenvalue weighted by Crippen LogP contribution is -2.32. The molecule has 0 saturated carbocycles. The van der Waals surface area contributed by atoms with Crippen LogP contribution in [-0.4, -0.2) is 4.57 Å². The number of hydrogen-bond donors (Lipinski definition) is 1. The average Bonchev–Trinajstić information content (AvgIpc) is 2.40. The number of nitrogens with two attached hydrogens (primary N) is 1. The van der Waals surface area contributed by atoms with Crippen molar-refractivity contribution < 1.29 is 0 Å². The third kappa shape index (κ3) is 3.20. The summed E-state index contributed by atoms with van der Waals surface area (Å²) < 4.78 is 1.69. The molecule has 1 unspecified atom stereocenters. The van der Waals surface area contributed by atoms with Gasteiger partial charge in [-0.15, -0.1) is 0 Å². The van der Waals surface area contributed by atoms with Crippen LogP contribution in [0.2, 0.25) is 5.02 Å². The van der Waals surface area contributed by atoms with Gasteiger partial charge in [0.15, 0.2) is 0 Å². The first-order valence-corrected chi connectivity index (χ1v) is 7.31. The molecule has 1 aromatic heterocycles. The second-order valence-electron chi connectivity index (χ2n) is 6.32. The van der Waals surface area contributed by atoms with Crippen LogP contribution in [-0.2, 0) is 12.5 Å². The zero-order chi connectivity index (χ0) is 15.8. The maximum absolute atomic E-state index is 12.6. The minimum Gasteiger partial charge on any atom is -0.320 e. The van der Waals surface area contributed by atoms with Crippen molar-refractivity contribution in [2.45, 2.75) is 32.2 Å². The Balaban J connectivity index is 2.48. The lowest BCUT2D eigenvalue weighted by molar-refractivity contribution is 0.528. The Morgan fingerprint density at radius 1 is 1.10 bits per heavy atom. The molecule has 4 heteroatoms. The van der Waals surface area contributed by atoms with E-state index in [0.717, 1.165) is 11.3 Å². The highest BCUT2D eigenvalue weighted by Crippen LogP contribution is 2.23. The van der Waals surface area contributed by atoms with E-state index in [1.165, 1.54) is 0 Å². The summed E-state index contributed by atoms with van der Waals surface area (Å²) in [7, 11) is 1.79. The van der Waals surface area contributed by atoms with Gasteiger partial charge >= 0.3 is 0 Å². The summed E-state index contributed by atoms with van der Waals surface area (Å²) in [6.07, 6.45) is 0. The molecule has 2 rings (SSSR count). The minimum absolute atomic E-state index is 0.0510. The fourth-order valence-electron chi connectivity index (χ4n) is 2.49. The van der Waals surface area contributed by atoms with Crippen LogP contribution in [0, 0.1) is 0 Å². The Hall–Kier alpha value is -1.58. The van der Waals surface area contributed by atoms with E-state index in [9.17, 15) is 4.79 Å². The van der Waals surface area contributed by atoms with E-state index in [4.69, 9.17) is 17.3 Å². The molecule has 3 nitrogen and oxygen atoms in total. The van der Waals surface area contributed by atoms with Crippen molar-refractivity contribution in [3.8, 4) is 0 Å². The standard InChI is InChI=1S/C17H21ClN2O/c1-17(2,3)14-10-9-13(16(21)20(14)4)15(19)11-5-7-12(18)8-6-11/h5-10,15H,19H2,1-4H3. The number of rotatable bonds is 2. The number of halogens is 1. The number of hydrogen-bond acceptors (Lipinski definition) is 2. The van der Waals surface area contributed by atoms with Crippen molar-refractivity contribution in [1.82, 2.24) is 4.57 Å². The van der Waals surface area contributed by atoms with Gasteiger partial charge in [0, 0.05) is 28.7 Å². The van der Waals surface area contributed by atoms with E-state index >= 15 is 0 Å². The topological polar surface area (TPSA) is 48.0 Å². The molecule has 0 aliphatic rings. The number of pyridine rings is 1. The Morgan fingerprint density at radius 2 is 1.67 bits per heavy atom. The molecule has 1 aromatic carbocycles. The van der Waals surface area contributed by atoms with E-state index in [0.29, 0.717) is 10.6 Å². The molecule has 2 N–H and O–H groups in total. The van der Waals surface area contributed by atoms with Gasteiger partial charge in [0.2, 0.25) is 0 Å². The smallest absolute Gasteiger partial charge is 0.255 e. The molecule has 0 bridgehead atoms. The highest BCUT2D eigenvalue weighted by Gasteiger charge is 2.20. The van der Waals surface area contributed by atoms with Crippen molar-refractivity contribution in [1.29, 1.82) is 0 Å². The Labute approximate surface area is 130 Å². The van der Waals surface area contributed by atoms with Gasteiger partial charge < -0.3 is 10.3 Å². The van der Waals surface area contributed by atoms with E-state index in [1.54, 1.807) is 23.7 Å². The van der Waals surface area contributed by atoms with Crippen LogP contribution in [0.15, 0.2) is 41.2 Å². The van der Waals surface area contributed by atoms with E-state index in [2.05, 4.69) is 20.8 Å². The molecule has 1 heterocycles. The van der Waals surface area contributed by atoms with Gasteiger partial charge in [-0.2, -0.15) is 0 Å². The molecule has 1 atom stereocenters.